The van der Waals surface area contributed by atoms with Gasteiger partial charge in [0.15, 0.2) is 0 Å². The zero-order valence-corrected chi connectivity index (χ0v) is 42.9. The van der Waals surface area contributed by atoms with E-state index >= 15 is 0 Å². The van der Waals surface area contributed by atoms with Crippen LogP contribution >= 0.6 is 0 Å². The van der Waals surface area contributed by atoms with Crippen LogP contribution in [0.25, 0.3) is 0 Å². The molecule has 0 saturated carbocycles. The van der Waals surface area contributed by atoms with Gasteiger partial charge >= 0.3 is 5.97 Å². The van der Waals surface area contributed by atoms with Gasteiger partial charge < -0.3 is 67.3 Å². The van der Waals surface area contributed by atoms with Crippen LogP contribution in [-0.2, 0) is 67.2 Å². The van der Waals surface area contributed by atoms with Crippen molar-refractivity contribution >= 4 is 53.2 Å². The van der Waals surface area contributed by atoms with Gasteiger partial charge in [-0.3, -0.25) is 38.4 Å². The summed E-state index contributed by atoms with van der Waals surface area (Å²) in [6, 6.07) is 9.38. The number of esters is 1. The monoisotopic (exact) mass is 1040 g/mol. The molecule has 0 aliphatic carbocycles. The number of carbonyl (C=O) groups is 9. The lowest BCUT2D eigenvalue weighted by Crippen LogP contribution is -2.66. The van der Waals surface area contributed by atoms with Gasteiger partial charge in [0.25, 0.3) is 0 Å². The number of phenols is 2. The lowest BCUT2D eigenvalue weighted by molar-refractivity contribution is -0.167. The molecule has 2 fully saturated rings. The van der Waals surface area contributed by atoms with Crippen molar-refractivity contribution in [2.45, 2.75) is 147 Å². The molecule has 0 aromatic heterocycles. The maximum absolute atomic E-state index is 14.8. The van der Waals surface area contributed by atoms with Crippen molar-refractivity contribution in [3.63, 3.8) is 0 Å². The number of hydrogen-bond donors (Lipinski definition) is 10. The van der Waals surface area contributed by atoms with E-state index in [2.05, 4.69) is 26.6 Å². The number of aliphatic hydroxyl groups excluding tert-OH is 2. The van der Waals surface area contributed by atoms with Gasteiger partial charge in [-0.15, -0.1) is 0 Å². The number of amides is 8. The summed E-state index contributed by atoms with van der Waals surface area (Å²) in [6.07, 6.45) is -6.26. The number of ether oxygens (including phenoxy) is 1. The number of carbonyl (C=O) groups excluding carboxylic acids is 9. The number of phenolic OH excluding ortho intramolecular Hbond substituents is 2. The van der Waals surface area contributed by atoms with E-state index in [-0.39, 0.29) is 43.6 Å². The summed E-state index contributed by atoms with van der Waals surface area (Å²) in [5.41, 5.74) is 6.92. The molecule has 5 rings (SSSR count). The number of likely N-dealkylation sites (N-methyl/N-ethyl adjacent to an activating group) is 1. The van der Waals surface area contributed by atoms with Gasteiger partial charge in [-0.1, -0.05) is 88.7 Å². The number of piperidine rings is 1. The first-order valence-electron chi connectivity index (χ1n) is 25.0. The fraction of sp³-hybridized carbons (Fsp3) is 0.491. The van der Waals surface area contributed by atoms with Crippen molar-refractivity contribution in [2.24, 2.45) is 17.6 Å². The Morgan fingerprint density at radius 1 is 0.773 bits per heavy atom. The minimum absolute atomic E-state index is 0.0588. The largest absolute Gasteiger partial charge is 0.508 e. The molecule has 2 bridgehead atoms. The van der Waals surface area contributed by atoms with Crippen LogP contribution in [0.3, 0.4) is 0 Å². The molecule has 0 radical (unpaired) electrons. The SMILES string of the molecule is CC[C@H](C)[C@@H]1NC(=O)C(Cc2ccccc2)N(C)C(=O)[C@H](C(C)C)N2C(=O)[C@H](CC[C@H]2O)NC(=O)[C@H](Cc2ccc(O)cc2)NC(=O)[C@@H](NC(=O)[C@H](CCC(N)=O)NC(=O)[C@H](O)Cc2ccc(O)cc2)[C@@H](C)OC1=O. The second-order valence-corrected chi connectivity index (χ2v) is 19.6. The summed E-state index contributed by atoms with van der Waals surface area (Å²) in [7, 11) is 1.38. The van der Waals surface area contributed by atoms with Gasteiger partial charge in [0, 0.05) is 32.7 Å². The van der Waals surface area contributed by atoms with E-state index < -0.39 is 139 Å². The van der Waals surface area contributed by atoms with Crippen LogP contribution in [0.1, 0.15) is 83.4 Å². The van der Waals surface area contributed by atoms with Crippen molar-refractivity contribution in [1.82, 2.24) is 36.4 Å². The molecular formula is C53H70N8O14. The first kappa shape index (κ1) is 58.3. The Balaban J connectivity index is 1.60. The van der Waals surface area contributed by atoms with E-state index in [0.29, 0.717) is 23.1 Å². The van der Waals surface area contributed by atoms with E-state index in [0.717, 1.165) is 9.80 Å². The maximum Gasteiger partial charge on any atom is 0.329 e. The maximum atomic E-state index is 14.8. The topological polar surface area (TPSA) is 336 Å². The van der Waals surface area contributed by atoms with Gasteiger partial charge in [0.2, 0.25) is 47.3 Å². The molecule has 3 aromatic carbocycles. The number of fused-ring (bicyclic) bond motifs is 2. The second-order valence-electron chi connectivity index (χ2n) is 19.6. The molecule has 22 heteroatoms. The third kappa shape index (κ3) is 15.7. The first-order valence-corrected chi connectivity index (χ1v) is 25.0. The molecule has 0 spiro atoms. The fourth-order valence-corrected chi connectivity index (χ4v) is 8.97. The predicted octanol–water partition coefficient (Wildman–Crippen LogP) is -0.0401. The average Bonchev–Trinajstić information content (AvgIpc) is 3.37. The highest BCUT2D eigenvalue weighted by Gasteiger charge is 2.47. The number of nitrogens with one attached hydrogen (secondary N) is 5. The smallest absolute Gasteiger partial charge is 0.329 e. The minimum Gasteiger partial charge on any atom is -0.508 e. The summed E-state index contributed by atoms with van der Waals surface area (Å²) < 4.78 is 5.95. The van der Waals surface area contributed by atoms with E-state index in [1.165, 1.54) is 62.5 Å². The highest BCUT2D eigenvalue weighted by Crippen LogP contribution is 2.27. The number of nitrogens with two attached hydrogens (primary N) is 1. The Morgan fingerprint density at radius 2 is 1.37 bits per heavy atom. The lowest BCUT2D eigenvalue weighted by atomic mass is 9.93. The standard InChI is InChI=1S/C53H70N8O14/c1-7-29(4)43-53(74)75-30(5)44(59-46(67)36(21-23-41(54)65)55-49(70)40(64)27-33-15-19-35(63)20-16-33)50(71)57-38(25-32-13-17-34(62)18-14-32)47(68)56-37-22-24-42(66)61(51(37)72)45(28(2)3)52(73)60(6)39(48(69)58-43)26-31-11-9-8-10-12-31/h8-20,28-30,36-40,42-45,62-64,66H,7,21-27H2,1-6H3,(H2,54,65)(H,55,70)(H,56,68)(H,57,71)(H,58,69)(H,59,67)/t29-,30+,36-,37-,38-,39?,40+,42+,43-,44-,45-/m0/s1. The Hall–Kier alpha value is -7.59. The second kappa shape index (κ2) is 26.6. The lowest BCUT2D eigenvalue weighted by Gasteiger charge is -2.44. The van der Waals surface area contributed by atoms with Crippen LogP contribution in [0.15, 0.2) is 78.9 Å². The van der Waals surface area contributed by atoms with Gasteiger partial charge in [0.1, 0.15) is 72.2 Å². The minimum atomic E-state index is -1.91. The third-order valence-corrected chi connectivity index (χ3v) is 13.6. The van der Waals surface area contributed by atoms with Crippen LogP contribution in [0.2, 0.25) is 0 Å². The zero-order valence-electron chi connectivity index (χ0n) is 42.9. The molecule has 1 unspecified atom stereocenters. The number of primary amides is 1. The van der Waals surface area contributed by atoms with Crippen LogP contribution in [-0.4, -0.2) is 151 Å². The number of rotatable bonds is 16. The van der Waals surface area contributed by atoms with Crippen LogP contribution in [0.4, 0.5) is 0 Å². The number of hydrogen-bond acceptors (Lipinski definition) is 14. The molecule has 2 saturated heterocycles. The normalized spacial score (nSPS) is 24.5. The predicted molar refractivity (Wildman–Crippen MR) is 270 cm³/mol. The molecule has 3 aromatic rings. The number of benzene rings is 3. The first-order chi connectivity index (χ1) is 35.5. The van der Waals surface area contributed by atoms with Gasteiger partial charge in [-0.05, 0) is 79.0 Å². The van der Waals surface area contributed by atoms with E-state index in [1.807, 2.05) is 0 Å². The van der Waals surface area contributed by atoms with Crippen LogP contribution in [0.5, 0.6) is 11.5 Å². The number of nitrogens with zero attached hydrogens (tertiary/aromatic N) is 2. The molecular weight excluding hydrogens is 973 g/mol. The number of aromatic hydroxyl groups is 2. The molecule has 11 atom stereocenters. The van der Waals surface area contributed by atoms with Gasteiger partial charge in [-0.25, -0.2) is 4.79 Å². The van der Waals surface area contributed by atoms with E-state index in [9.17, 15) is 63.6 Å². The highest BCUT2D eigenvalue weighted by molar-refractivity contribution is 5.98. The van der Waals surface area contributed by atoms with Crippen molar-refractivity contribution in [3.8, 4) is 11.5 Å². The Morgan fingerprint density at radius 3 is 1.96 bits per heavy atom. The summed E-state index contributed by atoms with van der Waals surface area (Å²) >= 11 is 0. The summed E-state index contributed by atoms with van der Waals surface area (Å²) in [6.45, 7) is 7.98. The molecule has 2 aliphatic rings. The summed E-state index contributed by atoms with van der Waals surface area (Å²) in [4.78, 5) is 130. The Kier molecular flexibility index (Phi) is 20.7. The van der Waals surface area contributed by atoms with Gasteiger partial charge in [-0.2, -0.15) is 0 Å². The Labute approximate surface area is 435 Å². The molecule has 75 heavy (non-hydrogen) atoms. The van der Waals surface area contributed by atoms with Crippen molar-refractivity contribution < 1.29 is 68.3 Å². The number of cyclic esters (lactones) is 1. The van der Waals surface area contributed by atoms with Gasteiger partial charge in [0.05, 0.1) is 0 Å². The van der Waals surface area contributed by atoms with Crippen molar-refractivity contribution in [2.75, 3.05) is 7.05 Å². The molecule has 406 valence electrons. The molecule has 2 heterocycles. The third-order valence-electron chi connectivity index (χ3n) is 13.6. The van der Waals surface area contributed by atoms with Crippen molar-refractivity contribution in [1.29, 1.82) is 0 Å². The average molecular weight is 1040 g/mol. The summed E-state index contributed by atoms with van der Waals surface area (Å²) in [5.74, 6) is -9.96. The Bertz CT molecular complexity index is 2510. The fourth-order valence-electron chi connectivity index (χ4n) is 8.97. The highest BCUT2D eigenvalue weighted by atomic mass is 16.5. The molecule has 8 amide bonds. The summed E-state index contributed by atoms with van der Waals surface area (Å²) in [5, 5.41) is 55.0. The van der Waals surface area contributed by atoms with Crippen LogP contribution in [0, 0.1) is 11.8 Å². The van der Waals surface area contributed by atoms with E-state index in [1.54, 1.807) is 58.0 Å². The van der Waals surface area contributed by atoms with Crippen LogP contribution < -0.4 is 32.3 Å². The number of aliphatic hydroxyl groups is 2. The molecule has 2 aliphatic heterocycles. The zero-order chi connectivity index (χ0) is 55.3. The van der Waals surface area contributed by atoms with Crippen molar-refractivity contribution in [3.05, 3.63) is 95.6 Å². The van der Waals surface area contributed by atoms with E-state index in [4.69, 9.17) is 10.5 Å². The quantitative estimate of drug-likeness (QED) is 0.0843. The molecule has 22 nitrogen and oxygen atoms in total. The molecule has 11 N–H and O–H groups in total.